The Labute approximate surface area is 167 Å². The van der Waals surface area contributed by atoms with Crippen LogP contribution in [-0.2, 0) is 22.3 Å². The number of alkyl halides is 3. The molecular formula is C21H24F3N3O2. The average Bonchev–Trinajstić information content (AvgIpc) is 2.71. The number of hydrogen-bond acceptors (Lipinski definition) is 4. The number of amides is 1. The van der Waals surface area contributed by atoms with Crippen molar-refractivity contribution in [1.29, 1.82) is 0 Å². The molecule has 1 heterocycles. The summed E-state index contributed by atoms with van der Waals surface area (Å²) < 4.78 is 43.9. The minimum Gasteiger partial charge on any atom is -0.376 e. The van der Waals surface area contributed by atoms with Gasteiger partial charge in [0.1, 0.15) is 0 Å². The Morgan fingerprint density at radius 1 is 1.14 bits per heavy atom. The van der Waals surface area contributed by atoms with Crippen molar-refractivity contribution in [2.45, 2.75) is 18.8 Å². The second-order valence-electron chi connectivity index (χ2n) is 6.95. The molecule has 29 heavy (non-hydrogen) atoms. The molecule has 1 amide bonds. The molecule has 1 aliphatic rings. The zero-order valence-electron chi connectivity index (χ0n) is 15.9. The predicted molar refractivity (Wildman–Crippen MR) is 104 cm³/mol. The summed E-state index contributed by atoms with van der Waals surface area (Å²) in [5.41, 5.74) is 0.720. The van der Waals surface area contributed by atoms with Gasteiger partial charge in [-0.05, 0) is 23.8 Å². The quantitative estimate of drug-likeness (QED) is 0.741. The fourth-order valence-corrected chi connectivity index (χ4v) is 3.17. The minimum atomic E-state index is -4.41. The lowest BCUT2D eigenvalue weighted by Crippen LogP contribution is -2.47. The van der Waals surface area contributed by atoms with E-state index in [1.54, 1.807) is 0 Å². The number of carbonyl (C=O) groups excluding carboxylic acids is 1. The van der Waals surface area contributed by atoms with E-state index in [1.165, 1.54) is 17.7 Å². The van der Waals surface area contributed by atoms with Gasteiger partial charge in [-0.1, -0.05) is 36.4 Å². The third-order valence-electron chi connectivity index (χ3n) is 4.64. The maximum atomic E-state index is 12.7. The summed E-state index contributed by atoms with van der Waals surface area (Å²) >= 11 is 0. The van der Waals surface area contributed by atoms with E-state index in [1.807, 2.05) is 18.2 Å². The molecular weight excluding hydrogens is 383 g/mol. The summed E-state index contributed by atoms with van der Waals surface area (Å²) in [4.78, 5) is 14.3. The SMILES string of the molecule is O=C(CNc1cccc(C(F)(F)F)c1)NCC1CN(Cc2ccccc2)CCO1. The standard InChI is InChI=1S/C21H24F3N3O2/c22-21(23,24)17-7-4-8-18(11-17)25-13-20(28)26-12-19-15-27(9-10-29-19)14-16-5-2-1-3-6-16/h1-8,11,19,25H,9-10,12-15H2,(H,26,28). The maximum absolute atomic E-state index is 12.7. The first kappa shape index (κ1) is 21.1. The molecule has 156 valence electrons. The van der Waals surface area contributed by atoms with Crippen molar-refractivity contribution >= 4 is 11.6 Å². The Bertz CT molecular complexity index is 799. The third kappa shape index (κ3) is 6.76. The van der Waals surface area contributed by atoms with E-state index >= 15 is 0 Å². The molecule has 0 radical (unpaired) electrons. The minimum absolute atomic E-state index is 0.109. The first-order chi connectivity index (χ1) is 13.9. The van der Waals surface area contributed by atoms with Crippen molar-refractivity contribution in [2.75, 3.05) is 38.1 Å². The lowest BCUT2D eigenvalue weighted by molar-refractivity contribution is -0.137. The summed E-state index contributed by atoms with van der Waals surface area (Å²) in [6, 6.07) is 14.9. The van der Waals surface area contributed by atoms with Gasteiger partial charge in [0.15, 0.2) is 0 Å². The summed E-state index contributed by atoms with van der Waals surface area (Å²) in [6.07, 6.45) is -4.53. The van der Waals surface area contributed by atoms with Gasteiger partial charge in [-0.25, -0.2) is 0 Å². The molecule has 0 spiro atoms. The second kappa shape index (κ2) is 9.76. The van der Waals surface area contributed by atoms with Crippen LogP contribution in [0.1, 0.15) is 11.1 Å². The van der Waals surface area contributed by atoms with Gasteiger partial charge in [-0.15, -0.1) is 0 Å². The van der Waals surface area contributed by atoms with Crippen LogP contribution in [0.4, 0.5) is 18.9 Å². The van der Waals surface area contributed by atoms with E-state index < -0.39 is 11.7 Å². The van der Waals surface area contributed by atoms with Crippen LogP contribution in [0.2, 0.25) is 0 Å². The Balaban J connectivity index is 1.41. The predicted octanol–water partition coefficient (Wildman–Crippen LogP) is 3.13. The molecule has 0 aromatic heterocycles. The lowest BCUT2D eigenvalue weighted by atomic mass is 10.2. The van der Waals surface area contributed by atoms with Gasteiger partial charge in [0, 0.05) is 31.9 Å². The topological polar surface area (TPSA) is 53.6 Å². The van der Waals surface area contributed by atoms with Gasteiger partial charge in [0.25, 0.3) is 0 Å². The summed E-state index contributed by atoms with van der Waals surface area (Å²) in [5, 5.41) is 5.50. The Morgan fingerprint density at radius 3 is 2.69 bits per heavy atom. The summed E-state index contributed by atoms with van der Waals surface area (Å²) in [7, 11) is 0. The number of benzene rings is 2. The number of morpholine rings is 1. The summed E-state index contributed by atoms with van der Waals surface area (Å²) in [5.74, 6) is -0.300. The highest BCUT2D eigenvalue weighted by molar-refractivity contribution is 5.80. The van der Waals surface area contributed by atoms with Crippen LogP contribution in [0.15, 0.2) is 54.6 Å². The van der Waals surface area contributed by atoms with Crippen molar-refractivity contribution in [2.24, 2.45) is 0 Å². The molecule has 1 atom stereocenters. The highest BCUT2D eigenvalue weighted by atomic mass is 19.4. The van der Waals surface area contributed by atoms with E-state index in [4.69, 9.17) is 4.74 Å². The number of carbonyl (C=O) groups is 1. The lowest BCUT2D eigenvalue weighted by Gasteiger charge is -2.33. The summed E-state index contributed by atoms with van der Waals surface area (Å²) in [6.45, 7) is 3.20. The molecule has 1 fully saturated rings. The fraction of sp³-hybridized carbons (Fsp3) is 0.381. The van der Waals surface area contributed by atoms with Crippen LogP contribution in [0, 0.1) is 0 Å². The van der Waals surface area contributed by atoms with Crippen molar-refractivity contribution in [1.82, 2.24) is 10.2 Å². The van der Waals surface area contributed by atoms with E-state index in [2.05, 4.69) is 27.7 Å². The molecule has 0 saturated carbocycles. The molecule has 3 rings (SSSR count). The first-order valence-electron chi connectivity index (χ1n) is 9.46. The largest absolute Gasteiger partial charge is 0.416 e. The molecule has 1 aliphatic heterocycles. The van der Waals surface area contributed by atoms with E-state index in [9.17, 15) is 18.0 Å². The molecule has 0 bridgehead atoms. The van der Waals surface area contributed by atoms with Crippen LogP contribution in [0.5, 0.6) is 0 Å². The van der Waals surface area contributed by atoms with Crippen LogP contribution >= 0.6 is 0 Å². The number of nitrogens with zero attached hydrogens (tertiary/aromatic N) is 1. The Kier molecular flexibility index (Phi) is 7.11. The van der Waals surface area contributed by atoms with Crippen molar-refractivity contribution < 1.29 is 22.7 Å². The van der Waals surface area contributed by atoms with Crippen molar-refractivity contribution in [3.8, 4) is 0 Å². The molecule has 2 aromatic carbocycles. The molecule has 0 aliphatic carbocycles. The first-order valence-corrected chi connectivity index (χ1v) is 9.46. The zero-order chi connectivity index (χ0) is 20.7. The third-order valence-corrected chi connectivity index (χ3v) is 4.64. The van der Waals surface area contributed by atoms with E-state index in [0.29, 0.717) is 19.7 Å². The van der Waals surface area contributed by atoms with Crippen LogP contribution < -0.4 is 10.6 Å². The number of ether oxygens (including phenoxy) is 1. The zero-order valence-corrected chi connectivity index (χ0v) is 15.9. The molecule has 2 N–H and O–H groups in total. The van der Waals surface area contributed by atoms with Gasteiger partial charge in [0.05, 0.1) is 24.8 Å². The van der Waals surface area contributed by atoms with Crippen molar-refractivity contribution in [3.05, 3.63) is 65.7 Å². The normalized spacial score (nSPS) is 17.7. The van der Waals surface area contributed by atoms with Crippen LogP contribution in [0.3, 0.4) is 0 Å². The molecule has 8 heteroatoms. The number of halogens is 3. The number of nitrogens with one attached hydrogen (secondary N) is 2. The fourth-order valence-electron chi connectivity index (χ4n) is 3.17. The number of rotatable bonds is 7. The van der Waals surface area contributed by atoms with Gasteiger partial charge in [-0.3, -0.25) is 9.69 Å². The van der Waals surface area contributed by atoms with Gasteiger partial charge < -0.3 is 15.4 Å². The number of anilines is 1. The molecule has 2 aromatic rings. The molecule has 5 nitrogen and oxygen atoms in total. The van der Waals surface area contributed by atoms with Gasteiger partial charge in [-0.2, -0.15) is 13.2 Å². The maximum Gasteiger partial charge on any atom is 0.416 e. The monoisotopic (exact) mass is 407 g/mol. The van der Waals surface area contributed by atoms with Gasteiger partial charge >= 0.3 is 6.18 Å². The van der Waals surface area contributed by atoms with Crippen molar-refractivity contribution in [3.63, 3.8) is 0 Å². The van der Waals surface area contributed by atoms with E-state index in [-0.39, 0.29) is 24.2 Å². The molecule has 1 saturated heterocycles. The van der Waals surface area contributed by atoms with E-state index in [0.717, 1.165) is 25.2 Å². The van der Waals surface area contributed by atoms with Crippen LogP contribution in [-0.4, -0.2) is 49.7 Å². The van der Waals surface area contributed by atoms with Crippen LogP contribution in [0.25, 0.3) is 0 Å². The highest BCUT2D eigenvalue weighted by Crippen LogP contribution is 2.30. The second-order valence-corrected chi connectivity index (χ2v) is 6.95. The number of hydrogen-bond donors (Lipinski definition) is 2. The molecule has 1 unspecified atom stereocenters. The average molecular weight is 407 g/mol. The van der Waals surface area contributed by atoms with Gasteiger partial charge in [0.2, 0.25) is 5.91 Å². The Morgan fingerprint density at radius 2 is 1.93 bits per heavy atom. The smallest absolute Gasteiger partial charge is 0.376 e. The highest BCUT2D eigenvalue weighted by Gasteiger charge is 2.30. The Hall–Kier alpha value is -2.58.